The van der Waals surface area contributed by atoms with Gasteiger partial charge in [0.15, 0.2) is 0 Å². The molecule has 0 unspecified atom stereocenters. The smallest absolute Gasteiger partial charge is 0.149 e. The molecule has 0 saturated heterocycles. The van der Waals surface area contributed by atoms with E-state index >= 15 is 0 Å². The molecule has 0 aliphatic carbocycles. The molecule has 0 radical (unpaired) electrons. The van der Waals surface area contributed by atoms with Crippen molar-refractivity contribution in [3.63, 3.8) is 0 Å². The first kappa shape index (κ1) is 37.2. The third kappa shape index (κ3) is 6.35. The average molecular weight is 736 g/mol. The molecule has 0 bridgehead atoms. The van der Waals surface area contributed by atoms with Crippen LogP contribution in [0.3, 0.4) is 0 Å². The number of fused-ring (bicyclic) bond motifs is 2. The molecule has 1 N–H and O–H groups in total. The molecule has 2 aromatic heterocycles. The third-order valence-electron chi connectivity index (χ3n) is 11.6. The molecule has 4 heteroatoms. The van der Waals surface area contributed by atoms with Crippen molar-refractivity contribution in [1.29, 1.82) is 0 Å². The number of aromatic nitrogens is 3. The number of hydrogen-bond donors (Lipinski definition) is 1. The minimum absolute atomic E-state index is 0.119. The minimum Gasteiger partial charge on any atom is -0.507 e. The first-order chi connectivity index (χ1) is 26.4. The predicted octanol–water partition coefficient (Wildman–Crippen LogP) is 14.0. The summed E-state index contributed by atoms with van der Waals surface area (Å²) in [5.74, 6) is 1.02. The van der Waals surface area contributed by atoms with Crippen LogP contribution in [0.5, 0.6) is 5.75 Å². The molecular formula is C52H53N3O. The molecule has 0 saturated carbocycles. The van der Waals surface area contributed by atoms with E-state index in [0.29, 0.717) is 0 Å². The van der Waals surface area contributed by atoms with Gasteiger partial charge in [-0.1, -0.05) is 135 Å². The van der Waals surface area contributed by atoms with E-state index in [1.807, 2.05) is 12.3 Å². The summed E-state index contributed by atoms with van der Waals surface area (Å²) in [5.41, 5.74) is 17.7. The number of nitrogens with zero attached hydrogens (tertiary/aromatic N) is 3. The number of imidazole rings is 1. The van der Waals surface area contributed by atoms with Gasteiger partial charge in [0.2, 0.25) is 0 Å². The monoisotopic (exact) mass is 735 g/mol. The fraction of sp³-hybridized carbons (Fsp3) is 0.269. The third-order valence-corrected chi connectivity index (χ3v) is 11.6. The molecule has 5 aromatic carbocycles. The molecule has 4 nitrogen and oxygen atoms in total. The summed E-state index contributed by atoms with van der Waals surface area (Å²) in [6.45, 7) is 24.5. The Labute approximate surface area is 332 Å². The highest BCUT2D eigenvalue weighted by atomic mass is 16.3. The van der Waals surface area contributed by atoms with Gasteiger partial charge in [0.25, 0.3) is 0 Å². The SMILES string of the molecule is CC1=C(C)c2ccc(-c3cc(-c4cc(-c5ccccc5)ccn4)cc(C(C)(C)C)c3)c3nc(-c4cc(C(C)(C)C)cc(C(C)(C)C)c4O)n(c23)-c2ccccc21. The van der Waals surface area contributed by atoms with Crippen LogP contribution in [0.25, 0.3) is 72.8 Å². The number of rotatable bonds is 4. The fourth-order valence-electron chi connectivity index (χ4n) is 8.09. The molecule has 56 heavy (non-hydrogen) atoms. The second kappa shape index (κ2) is 13.2. The lowest BCUT2D eigenvalue weighted by atomic mass is 9.79. The Morgan fingerprint density at radius 1 is 0.518 bits per heavy atom. The summed E-state index contributed by atoms with van der Waals surface area (Å²) in [5, 5.41) is 12.3. The van der Waals surface area contributed by atoms with Gasteiger partial charge < -0.3 is 5.11 Å². The Kier molecular flexibility index (Phi) is 8.76. The van der Waals surface area contributed by atoms with E-state index in [2.05, 4.69) is 184 Å². The molecule has 282 valence electrons. The molecule has 3 heterocycles. The van der Waals surface area contributed by atoms with Gasteiger partial charge in [-0.15, -0.1) is 0 Å². The normalized spacial score (nSPS) is 13.3. The summed E-state index contributed by atoms with van der Waals surface area (Å²) in [7, 11) is 0. The summed E-state index contributed by atoms with van der Waals surface area (Å²) in [4.78, 5) is 10.6. The second-order valence-electron chi connectivity index (χ2n) is 18.7. The molecule has 0 spiro atoms. The average Bonchev–Trinajstić information content (AvgIpc) is 3.52. The zero-order chi connectivity index (χ0) is 39.9. The number of hydrogen-bond acceptors (Lipinski definition) is 3. The van der Waals surface area contributed by atoms with Gasteiger partial charge in [0.05, 0.1) is 28.0 Å². The highest BCUT2D eigenvalue weighted by molar-refractivity contribution is 6.08. The standard InChI is InChI=1S/C52H53N3O/c1-31-32(2)40-21-22-41(35-25-36(27-37(26-35)50(3,4)5)44-28-34(23-24-53-44)33-17-13-12-14-18-33)46-47(40)55(45-20-16-15-19-39(31)45)49(54-46)42-29-38(51(6,7)8)30-43(48(42)56)52(9,10)11/h12-30,56H,1-11H3. The van der Waals surface area contributed by atoms with Crippen LogP contribution >= 0.6 is 0 Å². The van der Waals surface area contributed by atoms with E-state index < -0.39 is 0 Å². The van der Waals surface area contributed by atoms with Crippen molar-refractivity contribution < 1.29 is 5.11 Å². The molecule has 1 aliphatic heterocycles. The maximum Gasteiger partial charge on any atom is 0.149 e. The van der Waals surface area contributed by atoms with Crippen molar-refractivity contribution in [2.24, 2.45) is 0 Å². The predicted molar refractivity (Wildman–Crippen MR) is 237 cm³/mol. The summed E-state index contributed by atoms with van der Waals surface area (Å²) < 4.78 is 2.32. The second-order valence-corrected chi connectivity index (χ2v) is 18.7. The molecule has 7 aromatic rings. The van der Waals surface area contributed by atoms with Crippen LogP contribution in [0, 0.1) is 0 Å². The fourth-order valence-corrected chi connectivity index (χ4v) is 8.09. The molecular weight excluding hydrogens is 683 g/mol. The number of para-hydroxylation sites is 1. The van der Waals surface area contributed by atoms with Crippen molar-refractivity contribution >= 4 is 22.2 Å². The number of allylic oxidation sites excluding steroid dienone is 2. The molecule has 8 rings (SSSR count). The summed E-state index contributed by atoms with van der Waals surface area (Å²) in [6.07, 6.45) is 1.91. The zero-order valence-electron chi connectivity index (χ0n) is 34.8. The highest BCUT2D eigenvalue weighted by Gasteiger charge is 2.31. The van der Waals surface area contributed by atoms with E-state index in [4.69, 9.17) is 9.97 Å². The van der Waals surface area contributed by atoms with E-state index in [-0.39, 0.29) is 22.0 Å². The minimum atomic E-state index is -0.288. The van der Waals surface area contributed by atoms with Gasteiger partial charge in [-0.3, -0.25) is 9.55 Å². The first-order valence-corrected chi connectivity index (χ1v) is 19.8. The summed E-state index contributed by atoms with van der Waals surface area (Å²) >= 11 is 0. The van der Waals surface area contributed by atoms with E-state index in [0.717, 1.165) is 83.9 Å². The number of pyridine rings is 1. The molecule has 0 atom stereocenters. The van der Waals surface area contributed by atoms with Crippen molar-refractivity contribution in [3.8, 4) is 56.3 Å². The lowest BCUT2D eigenvalue weighted by molar-refractivity contribution is 0.446. The van der Waals surface area contributed by atoms with Crippen LogP contribution in [0.1, 0.15) is 104 Å². The molecule has 0 fully saturated rings. The first-order valence-electron chi connectivity index (χ1n) is 19.8. The highest BCUT2D eigenvalue weighted by Crippen LogP contribution is 2.48. The van der Waals surface area contributed by atoms with Crippen LogP contribution in [0.2, 0.25) is 0 Å². The van der Waals surface area contributed by atoms with E-state index in [9.17, 15) is 5.11 Å². The van der Waals surface area contributed by atoms with Gasteiger partial charge in [-0.2, -0.15) is 0 Å². The lowest BCUT2D eigenvalue weighted by Crippen LogP contribution is -2.17. The van der Waals surface area contributed by atoms with E-state index in [1.54, 1.807) is 0 Å². The van der Waals surface area contributed by atoms with Crippen LogP contribution in [0.15, 0.2) is 115 Å². The number of benzene rings is 5. The zero-order valence-corrected chi connectivity index (χ0v) is 34.8. The quantitative estimate of drug-likeness (QED) is 0.196. The van der Waals surface area contributed by atoms with Crippen molar-refractivity contribution in [2.75, 3.05) is 0 Å². The van der Waals surface area contributed by atoms with Crippen molar-refractivity contribution in [2.45, 2.75) is 92.4 Å². The van der Waals surface area contributed by atoms with Gasteiger partial charge >= 0.3 is 0 Å². The largest absolute Gasteiger partial charge is 0.507 e. The van der Waals surface area contributed by atoms with Crippen LogP contribution in [0.4, 0.5) is 0 Å². The van der Waals surface area contributed by atoms with Crippen LogP contribution < -0.4 is 0 Å². The topological polar surface area (TPSA) is 50.9 Å². The molecule has 0 amide bonds. The van der Waals surface area contributed by atoms with Gasteiger partial charge in [-0.05, 0) is 105 Å². The van der Waals surface area contributed by atoms with Crippen molar-refractivity contribution in [3.05, 3.63) is 143 Å². The Morgan fingerprint density at radius 2 is 1.14 bits per heavy atom. The number of aromatic hydroxyl groups is 1. The Hall–Kier alpha value is -5.74. The van der Waals surface area contributed by atoms with Crippen molar-refractivity contribution in [1.82, 2.24) is 14.5 Å². The molecule has 1 aliphatic rings. The van der Waals surface area contributed by atoms with Crippen LogP contribution in [-0.4, -0.2) is 19.6 Å². The van der Waals surface area contributed by atoms with E-state index in [1.165, 1.54) is 16.7 Å². The maximum atomic E-state index is 12.3. The van der Waals surface area contributed by atoms with Gasteiger partial charge in [-0.25, -0.2) is 4.98 Å². The Bertz CT molecular complexity index is 2710. The Morgan fingerprint density at radius 3 is 1.84 bits per heavy atom. The van der Waals surface area contributed by atoms with Gasteiger partial charge in [0.1, 0.15) is 11.6 Å². The number of phenolic OH excluding ortho intramolecular Hbond substituents is 1. The van der Waals surface area contributed by atoms with Gasteiger partial charge in [0, 0.05) is 34.0 Å². The van der Waals surface area contributed by atoms with Crippen LogP contribution in [-0.2, 0) is 16.2 Å². The summed E-state index contributed by atoms with van der Waals surface area (Å²) in [6, 6.07) is 39.1. The maximum absolute atomic E-state index is 12.3. The lowest BCUT2D eigenvalue weighted by Gasteiger charge is -2.27. The number of phenols is 1. The Balaban J connectivity index is 1.47.